The fourth-order valence-electron chi connectivity index (χ4n) is 4.41. The summed E-state index contributed by atoms with van der Waals surface area (Å²) in [6.07, 6.45) is 1.59. The van der Waals surface area contributed by atoms with Gasteiger partial charge in [0.2, 0.25) is 5.91 Å². The van der Waals surface area contributed by atoms with E-state index in [1.165, 1.54) is 7.11 Å². The van der Waals surface area contributed by atoms with Crippen molar-refractivity contribution in [3.05, 3.63) is 86.2 Å². The summed E-state index contributed by atoms with van der Waals surface area (Å²) in [7, 11) is 1.52. The van der Waals surface area contributed by atoms with Gasteiger partial charge in [-0.1, -0.05) is 23.7 Å². The largest absolute Gasteiger partial charge is 0.493 e. The summed E-state index contributed by atoms with van der Waals surface area (Å²) in [4.78, 5) is 41.8. The van der Waals surface area contributed by atoms with Crippen molar-refractivity contribution in [3.8, 4) is 11.5 Å². The number of ether oxygens (including phenoxy) is 3. The Kier molecular flexibility index (Phi) is 9.73. The van der Waals surface area contributed by atoms with Gasteiger partial charge in [0.25, 0.3) is 11.1 Å². The molecule has 2 aliphatic rings. The van der Waals surface area contributed by atoms with Crippen molar-refractivity contribution < 1.29 is 28.6 Å². The van der Waals surface area contributed by atoms with E-state index >= 15 is 0 Å². The summed E-state index contributed by atoms with van der Waals surface area (Å²) in [6, 6.07) is 18.2. The van der Waals surface area contributed by atoms with Crippen LogP contribution >= 0.6 is 39.3 Å². The van der Waals surface area contributed by atoms with E-state index in [0.29, 0.717) is 52.1 Å². The van der Waals surface area contributed by atoms with Gasteiger partial charge in [0.1, 0.15) is 13.2 Å². The number of nitrogens with one attached hydrogen (secondary N) is 1. The third-order valence-corrected chi connectivity index (χ3v) is 8.30. The molecule has 2 aliphatic heterocycles. The van der Waals surface area contributed by atoms with E-state index in [4.69, 9.17) is 25.8 Å². The molecule has 0 unspecified atom stereocenters. The predicted octanol–water partition coefficient (Wildman–Crippen LogP) is 6.20. The van der Waals surface area contributed by atoms with Crippen LogP contribution < -0.4 is 19.7 Å². The first-order chi connectivity index (χ1) is 20.3. The number of benzene rings is 3. The van der Waals surface area contributed by atoms with Gasteiger partial charge in [-0.05, 0) is 93.4 Å². The molecule has 0 atom stereocenters. The first-order valence-electron chi connectivity index (χ1n) is 13.0. The zero-order chi connectivity index (χ0) is 29.6. The molecule has 2 fully saturated rings. The van der Waals surface area contributed by atoms with Crippen LogP contribution in [0.2, 0.25) is 5.02 Å². The van der Waals surface area contributed by atoms with Crippen LogP contribution in [0.4, 0.5) is 16.2 Å². The monoisotopic (exact) mass is 671 g/mol. The van der Waals surface area contributed by atoms with E-state index in [9.17, 15) is 14.4 Å². The third-order valence-electron chi connectivity index (χ3n) is 6.55. The number of carbonyl (C=O) groups is 3. The Morgan fingerprint density at radius 1 is 1.10 bits per heavy atom. The Morgan fingerprint density at radius 2 is 1.81 bits per heavy atom. The molecule has 5 rings (SSSR count). The molecule has 218 valence electrons. The second-order valence-electron chi connectivity index (χ2n) is 9.41. The van der Waals surface area contributed by atoms with Gasteiger partial charge in [0.05, 0.1) is 29.7 Å². The molecule has 0 spiro atoms. The van der Waals surface area contributed by atoms with Crippen LogP contribution in [-0.4, -0.2) is 61.9 Å². The third kappa shape index (κ3) is 7.27. The normalized spacial score (nSPS) is 16.2. The van der Waals surface area contributed by atoms with Crippen LogP contribution in [0.25, 0.3) is 6.08 Å². The molecule has 2 heterocycles. The smallest absolute Gasteiger partial charge is 0.294 e. The summed E-state index contributed by atoms with van der Waals surface area (Å²) >= 11 is 10.3. The van der Waals surface area contributed by atoms with Crippen molar-refractivity contribution in [2.45, 2.75) is 6.61 Å². The highest BCUT2D eigenvalue weighted by Crippen LogP contribution is 2.39. The summed E-state index contributed by atoms with van der Waals surface area (Å²) in [5, 5.41) is 2.88. The first-order valence-corrected chi connectivity index (χ1v) is 15.0. The summed E-state index contributed by atoms with van der Waals surface area (Å²) in [5.74, 6) is -0.0690. The van der Waals surface area contributed by atoms with E-state index in [1.807, 2.05) is 24.3 Å². The Morgan fingerprint density at radius 3 is 2.50 bits per heavy atom. The fraction of sp³-hybridized carbons (Fsp3) is 0.233. The first kappa shape index (κ1) is 30.0. The number of amides is 3. The molecule has 0 aliphatic carbocycles. The lowest BCUT2D eigenvalue weighted by Crippen LogP contribution is -2.36. The minimum absolute atomic E-state index is 0.200. The molecule has 0 aromatic heterocycles. The van der Waals surface area contributed by atoms with Crippen LogP contribution in [-0.2, 0) is 20.9 Å². The van der Waals surface area contributed by atoms with Gasteiger partial charge in [0, 0.05) is 29.5 Å². The molecule has 1 N–H and O–H groups in total. The van der Waals surface area contributed by atoms with E-state index in [1.54, 1.807) is 42.5 Å². The molecule has 9 nitrogen and oxygen atoms in total. The second-order valence-corrected chi connectivity index (χ2v) is 11.7. The average molecular weight is 673 g/mol. The molecular formula is C30H27BrClN3O6S. The van der Waals surface area contributed by atoms with Crippen LogP contribution in [0, 0.1) is 0 Å². The molecule has 3 aromatic carbocycles. The van der Waals surface area contributed by atoms with Crippen molar-refractivity contribution in [2.24, 2.45) is 0 Å². The lowest BCUT2D eigenvalue weighted by molar-refractivity contribution is -0.127. The van der Waals surface area contributed by atoms with E-state index in [-0.39, 0.29) is 4.91 Å². The molecule has 3 amide bonds. The van der Waals surface area contributed by atoms with Crippen molar-refractivity contribution in [1.29, 1.82) is 0 Å². The second kappa shape index (κ2) is 13.6. The molecule has 12 heteroatoms. The zero-order valence-corrected chi connectivity index (χ0v) is 25.8. The summed E-state index contributed by atoms with van der Waals surface area (Å²) in [5.41, 5.74) is 3.17. The number of thioether (sulfide) groups is 1. The summed E-state index contributed by atoms with van der Waals surface area (Å²) in [6.45, 7) is 2.89. The Bertz CT molecular complexity index is 1510. The number of halogens is 2. The Balaban J connectivity index is 1.22. The van der Waals surface area contributed by atoms with Crippen LogP contribution in [0.5, 0.6) is 11.5 Å². The number of imide groups is 1. The topological polar surface area (TPSA) is 97.4 Å². The zero-order valence-electron chi connectivity index (χ0n) is 22.6. The van der Waals surface area contributed by atoms with Gasteiger partial charge >= 0.3 is 0 Å². The van der Waals surface area contributed by atoms with Gasteiger partial charge in [0.15, 0.2) is 11.5 Å². The van der Waals surface area contributed by atoms with Gasteiger partial charge in [-0.3, -0.25) is 19.3 Å². The highest BCUT2D eigenvalue weighted by molar-refractivity contribution is 9.10. The molecule has 0 saturated carbocycles. The number of rotatable bonds is 9. The van der Waals surface area contributed by atoms with Crippen molar-refractivity contribution in [2.75, 3.05) is 50.2 Å². The average Bonchev–Trinajstić information content (AvgIpc) is 3.25. The maximum absolute atomic E-state index is 13.1. The molecule has 2 saturated heterocycles. The maximum atomic E-state index is 13.1. The number of carbonyl (C=O) groups excluding carboxylic acids is 3. The van der Waals surface area contributed by atoms with Crippen molar-refractivity contribution in [3.63, 3.8) is 0 Å². The molecule has 0 bridgehead atoms. The quantitative estimate of drug-likeness (QED) is 0.269. The Hall–Kier alpha value is -3.51. The van der Waals surface area contributed by atoms with Gasteiger partial charge in [-0.2, -0.15) is 0 Å². The highest BCUT2D eigenvalue weighted by Gasteiger charge is 2.36. The Labute approximate surface area is 260 Å². The van der Waals surface area contributed by atoms with Crippen LogP contribution in [0.3, 0.4) is 0 Å². The lowest BCUT2D eigenvalue weighted by atomic mass is 10.1. The number of hydrogen-bond donors (Lipinski definition) is 1. The number of morpholine rings is 1. The van der Waals surface area contributed by atoms with Gasteiger partial charge < -0.3 is 24.4 Å². The number of nitrogens with zero attached hydrogens (tertiary/aromatic N) is 2. The van der Waals surface area contributed by atoms with Gasteiger partial charge in [-0.15, -0.1) is 0 Å². The van der Waals surface area contributed by atoms with E-state index in [0.717, 1.165) is 41.0 Å². The number of hydrogen-bond acceptors (Lipinski definition) is 8. The summed E-state index contributed by atoms with van der Waals surface area (Å²) < 4.78 is 17.5. The van der Waals surface area contributed by atoms with Gasteiger partial charge in [-0.25, -0.2) is 0 Å². The van der Waals surface area contributed by atoms with Crippen LogP contribution in [0.1, 0.15) is 11.1 Å². The molecule has 3 aromatic rings. The molecular weight excluding hydrogens is 646 g/mol. The van der Waals surface area contributed by atoms with Crippen molar-refractivity contribution >= 4 is 73.8 Å². The van der Waals surface area contributed by atoms with Crippen molar-refractivity contribution in [1.82, 2.24) is 4.90 Å². The maximum Gasteiger partial charge on any atom is 0.294 e. The highest BCUT2D eigenvalue weighted by atomic mass is 79.9. The van der Waals surface area contributed by atoms with Crippen LogP contribution in [0.15, 0.2) is 70.0 Å². The lowest BCUT2D eigenvalue weighted by Gasteiger charge is -2.28. The standard InChI is InChI=1S/C30H27BrClN3O6S/c1-39-25-15-20(14-24(31)28(25)41-18-19-2-4-21(32)5-3-19)16-26-29(37)35(30(38)42-26)17-27(36)33-22-6-8-23(9-7-22)34-10-12-40-13-11-34/h2-9,14-16H,10-13,17-18H2,1H3,(H,33,36)/b26-16+. The van der Waals surface area contributed by atoms with E-state index < -0.39 is 23.6 Å². The minimum atomic E-state index is -0.541. The predicted molar refractivity (Wildman–Crippen MR) is 167 cm³/mol. The molecule has 0 radical (unpaired) electrons. The number of anilines is 2. The molecule has 42 heavy (non-hydrogen) atoms. The SMILES string of the molecule is COc1cc(/C=C2/SC(=O)N(CC(=O)Nc3ccc(N4CCOCC4)cc3)C2=O)cc(Br)c1OCc1ccc(Cl)cc1. The minimum Gasteiger partial charge on any atom is -0.493 e. The number of methoxy groups -OCH3 is 1. The fourth-order valence-corrected chi connectivity index (χ4v) is 5.95. The van der Waals surface area contributed by atoms with E-state index in [2.05, 4.69) is 26.1 Å².